The van der Waals surface area contributed by atoms with Crippen molar-refractivity contribution >= 4 is 22.3 Å². The zero-order valence-electron chi connectivity index (χ0n) is 11.0. The smallest absolute Gasteiger partial charge is 0.349 e. The van der Waals surface area contributed by atoms with E-state index in [0.29, 0.717) is 4.88 Å². The van der Waals surface area contributed by atoms with Crippen molar-refractivity contribution in [2.45, 2.75) is 0 Å². The maximum Gasteiger partial charge on any atom is 0.349 e. The first-order valence-electron chi connectivity index (χ1n) is 5.92. The first kappa shape index (κ1) is 12.7. The first-order valence-corrected chi connectivity index (χ1v) is 6.74. The van der Waals surface area contributed by atoms with Gasteiger partial charge in [0.2, 0.25) is 0 Å². The molecule has 0 saturated heterocycles. The van der Waals surface area contributed by atoms with Crippen molar-refractivity contribution in [2.75, 3.05) is 14.2 Å². The number of rotatable bonds is 3. The van der Waals surface area contributed by atoms with Crippen LogP contribution in [0.1, 0.15) is 9.67 Å². The van der Waals surface area contributed by atoms with Gasteiger partial charge in [-0.25, -0.2) is 9.78 Å². The summed E-state index contributed by atoms with van der Waals surface area (Å²) in [6.45, 7) is 0. The molecule has 0 fully saturated rings. The Morgan fingerprint density at radius 1 is 1.20 bits per heavy atom. The molecule has 0 amide bonds. The maximum atomic E-state index is 11.4. The number of imidazole rings is 1. The molecule has 0 bridgehead atoms. The zero-order chi connectivity index (χ0) is 14.1. The van der Waals surface area contributed by atoms with Crippen LogP contribution in [0.2, 0.25) is 0 Å². The highest BCUT2D eigenvalue weighted by Gasteiger charge is 2.13. The van der Waals surface area contributed by atoms with Gasteiger partial charge in [0.1, 0.15) is 10.6 Å². The number of nitrogens with zero attached hydrogens (tertiary/aromatic N) is 2. The fourth-order valence-corrected chi connectivity index (χ4v) is 2.78. The van der Waals surface area contributed by atoms with Crippen LogP contribution in [0.3, 0.4) is 0 Å². The lowest BCUT2D eigenvalue weighted by Crippen LogP contribution is -1.97. The van der Waals surface area contributed by atoms with E-state index in [1.54, 1.807) is 13.3 Å². The minimum Gasteiger partial charge on any atom is -0.497 e. The van der Waals surface area contributed by atoms with Gasteiger partial charge in [0.25, 0.3) is 0 Å². The quantitative estimate of drug-likeness (QED) is 0.695. The molecule has 3 aromatic rings. The minimum atomic E-state index is -0.341. The van der Waals surface area contributed by atoms with Crippen LogP contribution in [0.5, 0.6) is 5.75 Å². The van der Waals surface area contributed by atoms with Crippen LogP contribution < -0.4 is 4.74 Å². The summed E-state index contributed by atoms with van der Waals surface area (Å²) in [5.74, 6) is 0.467. The number of carbonyl (C=O) groups excluding carboxylic acids is 1. The second-order valence-corrected chi connectivity index (χ2v) is 5.14. The van der Waals surface area contributed by atoms with Crippen LogP contribution in [0.25, 0.3) is 16.2 Å². The Morgan fingerprint density at radius 2 is 1.95 bits per heavy atom. The van der Waals surface area contributed by atoms with Gasteiger partial charge in [-0.3, -0.25) is 4.40 Å². The fourth-order valence-electron chi connectivity index (χ4n) is 1.89. The lowest BCUT2D eigenvalue weighted by Gasteiger charge is -2.00. The number of aromatic nitrogens is 2. The van der Waals surface area contributed by atoms with Gasteiger partial charge < -0.3 is 9.47 Å². The van der Waals surface area contributed by atoms with E-state index in [9.17, 15) is 4.79 Å². The van der Waals surface area contributed by atoms with Crippen molar-refractivity contribution in [1.82, 2.24) is 9.38 Å². The van der Waals surface area contributed by atoms with E-state index in [1.165, 1.54) is 18.4 Å². The Morgan fingerprint density at radius 3 is 2.55 bits per heavy atom. The highest BCUT2D eigenvalue weighted by atomic mass is 32.1. The normalized spacial score (nSPS) is 10.7. The summed E-state index contributed by atoms with van der Waals surface area (Å²) in [7, 11) is 3.00. The van der Waals surface area contributed by atoms with E-state index in [2.05, 4.69) is 4.98 Å². The monoisotopic (exact) mass is 288 g/mol. The summed E-state index contributed by atoms with van der Waals surface area (Å²) in [5, 5.41) is 0. The van der Waals surface area contributed by atoms with Crippen LogP contribution in [-0.4, -0.2) is 29.6 Å². The lowest BCUT2D eigenvalue weighted by molar-refractivity contribution is 0.0606. The van der Waals surface area contributed by atoms with Gasteiger partial charge >= 0.3 is 5.97 Å². The summed E-state index contributed by atoms with van der Waals surface area (Å²) in [5.41, 5.74) is 1.86. The van der Waals surface area contributed by atoms with Crippen LogP contribution >= 0.6 is 11.3 Å². The van der Waals surface area contributed by atoms with Gasteiger partial charge in [-0.15, -0.1) is 0 Å². The first-order chi connectivity index (χ1) is 9.71. The Labute approximate surface area is 119 Å². The van der Waals surface area contributed by atoms with Gasteiger partial charge in [0, 0.05) is 18.0 Å². The molecule has 0 saturated carbocycles. The van der Waals surface area contributed by atoms with Crippen molar-refractivity contribution in [3.05, 3.63) is 41.5 Å². The molecule has 5 nitrogen and oxygen atoms in total. The molecule has 3 rings (SSSR count). The lowest BCUT2D eigenvalue weighted by atomic mass is 10.2. The number of fused-ring (bicyclic) bond motifs is 1. The molecule has 0 N–H and O–H groups in total. The van der Waals surface area contributed by atoms with E-state index < -0.39 is 0 Å². The van der Waals surface area contributed by atoms with E-state index >= 15 is 0 Å². The van der Waals surface area contributed by atoms with Gasteiger partial charge in [-0.1, -0.05) is 11.3 Å². The number of hydrogen-bond donors (Lipinski definition) is 0. The van der Waals surface area contributed by atoms with Crippen molar-refractivity contribution in [2.24, 2.45) is 0 Å². The molecule has 1 aromatic carbocycles. The summed E-state index contributed by atoms with van der Waals surface area (Å²) >= 11 is 1.31. The van der Waals surface area contributed by atoms with E-state index in [4.69, 9.17) is 9.47 Å². The molecule has 0 aliphatic heterocycles. The second-order valence-electron chi connectivity index (χ2n) is 4.13. The van der Waals surface area contributed by atoms with E-state index in [-0.39, 0.29) is 5.97 Å². The third-order valence-electron chi connectivity index (χ3n) is 2.93. The Kier molecular flexibility index (Phi) is 3.15. The Hall–Kier alpha value is -2.34. The van der Waals surface area contributed by atoms with Gasteiger partial charge in [0.15, 0.2) is 4.96 Å². The standard InChI is InChI=1S/C14H12N2O3S/c1-18-10-5-3-9(4-6-10)11-7-16-8-12(13(17)19-2)20-14(16)15-11/h3-8H,1-2H3. The summed E-state index contributed by atoms with van der Waals surface area (Å²) < 4.78 is 11.7. The third kappa shape index (κ3) is 2.14. The minimum absolute atomic E-state index is 0.341. The summed E-state index contributed by atoms with van der Waals surface area (Å²) in [4.78, 5) is 17.2. The summed E-state index contributed by atoms with van der Waals surface area (Å²) in [6, 6.07) is 7.68. The third-order valence-corrected chi connectivity index (χ3v) is 3.90. The number of thiazole rings is 1. The van der Waals surface area contributed by atoms with Crippen molar-refractivity contribution in [3.63, 3.8) is 0 Å². The molecule has 102 valence electrons. The number of methoxy groups -OCH3 is 2. The molecule has 6 heteroatoms. The molecule has 0 spiro atoms. The molecule has 0 aliphatic carbocycles. The Balaban J connectivity index is 1.96. The molecular weight excluding hydrogens is 276 g/mol. The van der Waals surface area contributed by atoms with Crippen molar-refractivity contribution in [3.8, 4) is 17.0 Å². The largest absolute Gasteiger partial charge is 0.497 e. The zero-order valence-corrected chi connectivity index (χ0v) is 11.8. The molecule has 0 aliphatic rings. The molecule has 2 aromatic heterocycles. The topological polar surface area (TPSA) is 52.8 Å². The second kappa shape index (κ2) is 4.97. The molecule has 0 atom stereocenters. The fraction of sp³-hybridized carbons (Fsp3) is 0.143. The number of esters is 1. The highest BCUT2D eigenvalue weighted by molar-refractivity contribution is 7.18. The molecule has 2 heterocycles. The number of benzene rings is 1. The SMILES string of the molecule is COC(=O)c1cn2cc(-c3ccc(OC)cc3)nc2s1. The molecule has 0 radical (unpaired) electrons. The summed E-state index contributed by atoms with van der Waals surface area (Å²) in [6.07, 6.45) is 3.62. The average molecular weight is 288 g/mol. The predicted octanol–water partition coefficient (Wildman–Crippen LogP) is 2.86. The number of ether oxygens (including phenoxy) is 2. The van der Waals surface area contributed by atoms with Gasteiger partial charge in [-0.2, -0.15) is 0 Å². The molecule has 0 unspecified atom stereocenters. The van der Waals surface area contributed by atoms with Crippen LogP contribution in [0.15, 0.2) is 36.7 Å². The van der Waals surface area contributed by atoms with Crippen molar-refractivity contribution < 1.29 is 14.3 Å². The number of hydrogen-bond acceptors (Lipinski definition) is 5. The number of carbonyl (C=O) groups is 1. The molecular formula is C14H12N2O3S. The Bertz CT molecular complexity index is 727. The van der Waals surface area contributed by atoms with Crippen molar-refractivity contribution in [1.29, 1.82) is 0 Å². The molecule has 20 heavy (non-hydrogen) atoms. The predicted molar refractivity (Wildman–Crippen MR) is 76.4 cm³/mol. The van der Waals surface area contributed by atoms with Crippen LogP contribution in [-0.2, 0) is 4.74 Å². The van der Waals surface area contributed by atoms with Gasteiger partial charge in [-0.05, 0) is 24.3 Å². The van der Waals surface area contributed by atoms with E-state index in [0.717, 1.165) is 22.0 Å². The van der Waals surface area contributed by atoms with Gasteiger partial charge in [0.05, 0.1) is 19.9 Å². The average Bonchev–Trinajstić information content (AvgIpc) is 3.05. The van der Waals surface area contributed by atoms with Crippen LogP contribution in [0, 0.1) is 0 Å². The highest BCUT2D eigenvalue weighted by Crippen LogP contribution is 2.25. The van der Waals surface area contributed by atoms with Crippen LogP contribution in [0.4, 0.5) is 0 Å². The van der Waals surface area contributed by atoms with E-state index in [1.807, 2.05) is 34.9 Å². The maximum absolute atomic E-state index is 11.4.